The van der Waals surface area contributed by atoms with Gasteiger partial charge in [0.25, 0.3) is 11.6 Å². The SMILES string of the molecule is Nc1ccc(C(=O)Nc2ccc([N+](=O)[O-])cc2O)c(F)c1. The molecule has 0 bridgehead atoms. The molecule has 0 aromatic heterocycles. The molecule has 0 aliphatic rings. The number of non-ortho nitro benzene ring substituents is 1. The minimum Gasteiger partial charge on any atom is -0.506 e. The van der Waals surface area contributed by atoms with Crippen molar-refractivity contribution in [2.75, 3.05) is 11.1 Å². The highest BCUT2D eigenvalue weighted by Crippen LogP contribution is 2.28. The zero-order valence-electron chi connectivity index (χ0n) is 10.5. The van der Waals surface area contributed by atoms with Crippen molar-refractivity contribution in [3.05, 3.63) is 57.9 Å². The van der Waals surface area contributed by atoms with E-state index in [2.05, 4.69) is 5.32 Å². The fourth-order valence-corrected chi connectivity index (χ4v) is 1.64. The van der Waals surface area contributed by atoms with Crippen molar-refractivity contribution >= 4 is 23.0 Å². The molecular weight excluding hydrogens is 281 g/mol. The van der Waals surface area contributed by atoms with Crippen LogP contribution in [-0.2, 0) is 0 Å². The third-order valence-electron chi connectivity index (χ3n) is 2.68. The summed E-state index contributed by atoms with van der Waals surface area (Å²) in [7, 11) is 0. The van der Waals surface area contributed by atoms with E-state index in [0.717, 1.165) is 24.3 Å². The molecule has 0 unspecified atom stereocenters. The molecule has 8 heteroatoms. The lowest BCUT2D eigenvalue weighted by atomic mass is 10.1. The predicted molar refractivity (Wildman–Crippen MR) is 73.5 cm³/mol. The summed E-state index contributed by atoms with van der Waals surface area (Å²) in [4.78, 5) is 21.7. The molecule has 2 rings (SSSR count). The number of hydrogen-bond donors (Lipinski definition) is 3. The summed E-state index contributed by atoms with van der Waals surface area (Å²) < 4.78 is 13.6. The molecule has 0 saturated heterocycles. The van der Waals surface area contributed by atoms with Crippen LogP contribution in [0, 0.1) is 15.9 Å². The number of nitrogen functional groups attached to an aromatic ring is 1. The van der Waals surface area contributed by atoms with Crippen molar-refractivity contribution in [3.63, 3.8) is 0 Å². The number of carbonyl (C=O) groups is 1. The van der Waals surface area contributed by atoms with Crippen LogP contribution in [0.1, 0.15) is 10.4 Å². The second-order valence-corrected chi connectivity index (χ2v) is 4.15. The van der Waals surface area contributed by atoms with Crippen LogP contribution in [0.3, 0.4) is 0 Å². The number of aromatic hydroxyl groups is 1. The summed E-state index contributed by atoms with van der Waals surface area (Å²) in [6, 6.07) is 6.69. The van der Waals surface area contributed by atoms with Crippen molar-refractivity contribution in [2.24, 2.45) is 0 Å². The maximum Gasteiger partial charge on any atom is 0.273 e. The Morgan fingerprint density at radius 3 is 2.57 bits per heavy atom. The fraction of sp³-hybridized carbons (Fsp3) is 0. The first-order valence-corrected chi connectivity index (χ1v) is 5.72. The number of amides is 1. The van der Waals surface area contributed by atoms with Gasteiger partial charge in [0.1, 0.15) is 11.6 Å². The van der Waals surface area contributed by atoms with Gasteiger partial charge in [-0.1, -0.05) is 0 Å². The van der Waals surface area contributed by atoms with Gasteiger partial charge in [0.05, 0.1) is 22.2 Å². The summed E-state index contributed by atoms with van der Waals surface area (Å²) in [5.74, 6) is -2.11. The Bertz CT molecular complexity index is 733. The lowest BCUT2D eigenvalue weighted by Crippen LogP contribution is -2.14. The Balaban J connectivity index is 2.25. The van der Waals surface area contributed by atoms with Crippen LogP contribution in [0.2, 0.25) is 0 Å². The number of nitrogens with one attached hydrogen (secondary N) is 1. The maximum absolute atomic E-state index is 13.6. The van der Waals surface area contributed by atoms with E-state index in [9.17, 15) is 24.4 Å². The third-order valence-corrected chi connectivity index (χ3v) is 2.68. The molecule has 4 N–H and O–H groups in total. The van der Waals surface area contributed by atoms with Gasteiger partial charge in [-0.15, -0.1) is 0 Å². The average molecular weight is 291 g/mol. The number of phenols is 1. The Hall–Kier alpha value is -3.16. The molecule has 0 fully saturated rings. The number of halogens is 1. The predicted octanol–water partition coefficient (Wildman–Crippen LogP) is 2.27. The molecule has 0 heterocycles. The average Bonchev–Trinajstić information content (AvgIpc) is 2.40. The van der Waals surface area contributed by atoms with E-state index in [1.54, 1.807) is 0 Å². The number of nitro benzene ring substituents is 1. The molecule has 0 radical (unpaired) electrons. The summed E-state index contributed by atoms with van der Waals surface area (Å²) >= 11 is 0. The lowest BCUT2D eigenvalue weighted by molar-refractivity contribution is -0.384. The Labute approximate surface area is 118 Å². The van der Waals surface area contributed by atoms with E-state index < -0.39 is 22.4 Å². The van der Waals surface area contributed by atoms with Gasteiger partial charge in [-0.05, 0) is 24.3 Å². The summed E-state index contributed by atoms with van der Waals surface area (Å²) in [6.07, 6.45) is 0. The number of rotatable bonds is 3. The first kappa shape index (κ1) is 14.3. The van der Waals surface area contributed by atoms with Crippen LogP contribution >= 0.6 is 0 Å². The second kappa shape index (κ2) is 5.45. The third kappa shape index (κ3) is 3.06. The van der Waals surface area contributed by atoms with Gasteiger partial charge in [-0.2, -0.15) is 0 Å². The first-order valence-electron chi connectivity index (χ1n) is 5.72. The molecule has 21 heavy (non-hydrogen) atoms. The summed E-state index contributed by atoms with van der Waals surface area (Å²) in [5, 5.41) is 22.4. The first-order chi connectivity index (χ1) is 9.88. The van der Waals surface area contributed by atoms with E-state index in [0.29, 0.717) is 0 Å². The van der Waals surface area contributed by atoms with Crippen molar-refractivity contribution in [1.29, 1.82) is 0 Å². The van der Waals surface area contributed by atoms with Gasteiger partial charge >= 0.3 is 0 Å². The summed E-state index contributed by atoms with van der Waals surface area (Å²) in [6.45, 7) is 0. The Morgan fingerprint density at radius 1 is 1.29 bits per heavy atom. The zero-order valence-corrected chi connectivity index (χ0v) is 10.5. The normalized spacial score (nSPS) is 10.1. The zero-order chi connectivity index (χ0) is 15.6. The molecular formula is C13H10FN3O4. The molecule has 108 valence electrons. The number of carbonyl (C=O) groups excluding carboxylic acids is 1. The highest BCUT2D eigenvalue weighted by molar-refractivity contribution is 6.05. The molecule has 2 aromatic carbocycles. The van der Waals surface area contributed by atoms with E-state index >= 15 is 0 Å². The van der Waals surface area contributed by atoms with Gasteiger partial charge in [0.15, 0.2) is 0 Å². The van der Waals surface area contributed by atoms with Crippen LogP contribution < -0.4 is 11.1 Å². The molecule has 0 spiro atoms. The number of anilines is 2. The second-order valence-electron chi connectivity index (χ2n) is 4.15. The van der Waals surface area contributed by atoms with Gasteiger partial charge in [0, 0.05) is 11.8 Å². The molecule has 0 aliphatic heterocycles. The van der Waals surface area contributed by atoms with Crippen LogP contribution in [0.25, 0.3) is 0 Å². The standard InChI is InChI=1S/C13H10FN3O4/c14-10-5-7(15)1-3-9(10)13(19)16-11-4-2-8(17(20)21)6-12(11)18/h1-6,18H,15H2,(H,16,19). The van der Waals surface area contributed by atoms with Crippen LogP contribution in [-0.4, -0.2) is 15.9 Å². The summed E-state index contributed by atoms with van der Waals surface area (Å²) in [5.41, 5.74) is 4.88. The molecule has 0 atom stereocenters. The quantitative estimate of drug-likeness (QED) is 0.347. The Kier molecular flexibility index (Phi) is 3.70. The highest BCUT2D eigenvalue weighted by atomic mass is 19.1. The molecule has 1 amide bonds. The smallest absolute Gasteiger partial charge is 0.273 e. The molecule has 2 aromatic rings. The number of phenolic OH excluding ortho intramolecular Hbond substituents is 1. The highest BCUT2D eigenvalue weighted by Gasteiger charge is 2.15. The van der Waals surface area contributed by atoms with Gasteiger partial charge in [-0.3, -0.25) is 14.9 Å². The van der Waals surface area contributed by atoms with Crippen molar-refractivity contribution in [1.82, 2.24) is 0 Å². The Morgan fingerprint density at radius 2 is 2.00 bits per heavy atom. The number of nitro groups is 1. The van der Waals surface area contributed by atoms with Crippen LogP contribution in [0.5, 0.6) is 5.75 Å². The minimum atomic E-state index is -0.811. The monoisotopic (exact) mass is 291 g/mol. The van der Waals surface area contributed by atoms with Crippen LogP contribution in [0.4, 0.5) is 21.5 Å². The largest absolute Gasteiger partial charge is 0.506 e. The van der Waals surface area contributed by atoms with E-state index in [4.69, 9.17) is 5.73 Å². The number of hydrogen-bond acceptors (Lipinski definition) is 5. The van der Waals surface area contributed by atoms with Crippen molar-refractivity contribution in [2.45, 2.75) is 0 Å². The fourth-order valence-electron chi connectivity index (χ4n) is 1.64. The van der Waals surface area contributed by atoms with E-state index in [1.807, 2.05) is 0 Å². The maximum atomic E-state index is 13.6. The topological polar surface area (TPSA) is 118 Å². The van der Waals surface area contributed by atoms with Crippen molar-refractivity contribution < 1.29 is 19.2 Å². The minimum absolute atomic E-state index is 0.0678. The molecule has 0 aliphatic carbocycles. The number of benzene rings is 2. The van der Waals surface area contributed by atoms with Crippen molar-refractivity contribution in [3.8, 4) is 5.75 Å². The molecule has 0 saturated carbocycles. The lowest BCUT2D eigenvalue weighted by Gasteiger charge is -2.08. The number of nitrogens with zero attached hydrogens (tertiary/aromatic N) is 1. The molecule has 7 nitrogen and oxygen atoms in total. The van der Waals surface area contributed by atoms with Gasteiger partial charge in [-0.25, -0.2) is 4.39 Å². The van der Waals surface area contributed by atoms with Gasteiger partial charge in [0.2, 0.25) is 0 Å². The van der Waals surface area contributed by atoms with E-state index in [-0.39, 0.29) is 22.6 Å². The number of nitrogens with two attached hydrogens (primary N) is 1. The van der Waals surface area contributed by atoms with Crippen LogP contribution in [0.15, 0.2) is 36.4 Å². The van der Waals surface area contributed by atoms with E-state index in [1.165, 1.54) is 12.1 Å². The van der Waals surface area contributed by atoms with Gasteiger partial charge < -0.3 is 16.2 Å².